The van der Waals surface area contributed by atoms with Crippen LogP contribution in [0.4, 0.5) is 10.1 Å². The Labute approximate surface area is 171 Å². The monoisotopic (exact) mass is 405 g/mol. The number of benzene rings is 2. The van der Waals surface area contributed by atoms with E-state index in [1.165, 1.54) is 33.9 Å². The zero-order valence-corrected chi connectivity index (χ0v) is 16.6. The molecule has 0 bridgehead atoms. The highest BCUT2D eigenvalue weighted by molar-refractivity contribution is 5.90. The van der Waals surface area contributed by atoms with Gasteiger partial charge in [0.1, 0.15) is 11.2 Å². The van der Waals surface area contributed by atoms with Crippen LogP contribution in [0.25, 0.3) is 16.7 Å². The molecule has 0 saturated carbocycles. The number of halogens is 1. The Morgan fingerprint density at radius 2 is 1.80 bits per heavy atom. The lowest BCUT2D eigenvalue weighted by Gasteiger charge is -2.09. The summed E-state index contributed by atoms with van der Waals surface area (Å²) in [5.74, 6) is -0.543. The number of nitrogens with zero attached hydrogens (tertiary/aromatic N) is 4. The smallest absolute Gasteiger partial charge is 0.264 e. The van der Waals surface area contributed by atoms with Gasteiger partial charge in [-0.1, -0.05) is 6.07 Å². The van der Waals surface area contributed by atoms with Gasteiger partial charge in [-0.05, 0) is 61.4 Å². The van der Waals surface area contributed by atoms with E-state index in [0.717, 1.165) is 16.8 Å². The quantitative estimate of drug-likeness (QED) is 0.552. The second-order valence-corrected chi connectivity index (χ2v) is 7.19. The molecule has 152 valence electrons. The fourth-order valence-corrected chi connectivity index (χ4v) is 3.37. The average Bonchev–Trinajstić information content (AvgIpc) is 3.12. The first kappa shape index (κ1) is 19.5. The SMILES string of the molecule is Cc1cc(C)cc(NC(=O)CCn2cnc3c(cnn3-c3ccc(F)cc3)c2=O)c1. The molecular weight excluding hydrogens is 385 g/mol. The van der Waals surface area contributed by atoms with E-state index in [4.69, 9.17) is 0 Å². The second-order valence-electron chi connectivity index (χ2n) is 7.19. The van der Waals surface area contributed by atoms with Crippen molar-refractivity contribution in [2.75, 3.05) is 5.32 Å². The zero-order valence-electron chi connectivity index (χ0n) is 16.6. The molecule has 0 spiro atoms. The molecule has 0 saturated heterocycles. The van der Waals surface area contributed by atoms with E-state index in [9.17, 15) is 14.0 Å². The van der Waals surface area contributed by atoms with Gasteiger partial charge >= 0.3 is 0 Å². The van der Waals surface area contributed by atoms with Crippen molar-refractivity contribution in [2.45, 2.75) is 26.8 Å². The summed E-state index contributed by atoms with van der Waals surface area (Å²) in [6, 6.07) is 11.6. The molecule has 30 heavy (non-hydrogen) atoms. The van der Waals surface area contributed by atoms with Gasteiger partial charge in [0.15, 0.2) is 5.65 Å². The lowest BCUT2D eigenvalue weighted by Crippen LogP contribution is -2.23. The predicted octanol–water partition coefficient (Wildman–Crippen LogP) is 3.37. The van der Waals surface area contributed by atoms with E-state index in [1.807, 2.05) is 32.0 Å². The van der Waals surface area contributed by atoms with Crippen molar-refractivity contribution in [3.8, 4) is 5.69 Å². The third-order valence-electron chi connectivity index (χ3n) is 4.71. The molecule has 0 atom stereocenters. The third-order valence-corrected chi connectivity index (χ3v) is 4.71. The van der Waals surface area contributed by atoms with Gasteiger partial charge < -0.3 is 5.32 Å². The number of amides is 1. The maximum atomic E-state index is 13.2. The molecule has 7 nitrogen and oxygen atoms in total. The number of nitrogens with one attached hydrogen (secondary N) is 1. The number of hydrogen-bond acceptors (Lipinski definition) is 4. The Balaban J connectivity index is 1.51. The van der Waals surface area contributed by atoms with Crippen LogP contribution in [0, 0.1) is 19.7 Å². The molecule has 0 aliphatic rings. The molecule has 0 radical (unpaired) electrons. The second kappa shape index (κ2) is 7.90. The number of anilines is 1. The van der Waals surface area contributed by atoms with Crippen LogP contribution in [0.5, 0.6) is 0 Å². The molecule has 0 unspecified atom stereocenters. The minimum Gasteiger partial charge on any atom is -0.326 e. The van der Waals surface area contributed by atoms with Crippen molar-refractivity contribution in [2.24, 2.45) is 0 Å². The molecule has 0 aliphatic carbocycles. The Hall–Kier alpha value is -3.81. The normalized spacial score (nSPS) is 11.0. The van der Waals surface area contributed by atoms with Gasteiger partial charge in [0.25, 0.3) is 5.56 Å². The molecule has 0 fully saturated rings. The summed E-state index contributed by atoms with van der Waals surface area (Å²) in [7, 11) is 0. The van der Waals surface area contributed by atoms with Crippen LogP contribution in [-0.4, -0.2) is 25.2 Å². The lowest BCUT2D eigenvalue weighted by molar-refractivity contribution is -0.116. The van der Waals surface area contributed by atoms with E-state index in [2.05, 4.69) is 15.4 Å². The standard InChI is InChI=1S/C22H20FN5O2/c1-14-9-15(2)11-17(10-14)26-20(29)7-8-27-13-24-21-19(22(27)30)12-25-28(21)18-5-3-16(23)4-6-18/h3-6,9-13H,7-8H2,1-2H3,(H,26,29). The molecule has 2 heterocycles. The largest absolute Gasteiger partial charge is 0.326 e. The number of aromatic nitrogens is 4. The van der Waals surface area contributed by atoms with Crippen LogP contribution in [0.2, 0.25) is 0 Å². The van der Waals surface area contributed by atoms with Crippen molar-refractivity contribution in [3.63, 3.8) is 0 Å². The van der Waals surface area contributed by atoms with E-state index in [1.54, 1.807) is 12.1 Å². The highest BCUT2D eigenvalue weighted by atomic mass is 19.1. The summed E-state index contributed by atoms with van der Waals surface area (Å²) in [4.78, 5) is 29.4. The number of carbonyl (C=O) groups excluding carboxylic acids is 1. The van der Waals surface area contributed by atoms with Gasteiger partial charge in [-0.25, -0.2) is 14.1 Å². The highest BCUT2D eigenvalue weighted by Crippen LogP contribution is 2.15. The third kappa shape index (κ3) is 3.98. The molecule has 8 heteroatoms. The summed E-state index contributed by atoms with van der Waals surface area (Å²) < 4.78 is 16.0. The molecule has 4 rings (SSSR count). The molecule has 2 aromatic carbocycles. The fourth-order valence-electron chi connectivity index (χ4n) is 3.37. The summed E-state index contributed by atoms with van der Waals surface area (Å²) in [6.07, 6.45) is 2.96. The summed E-state index contributed by atoms with van der Waals surface area (Å²) in [5, 5.41) is 7.39. The van der Waals surface area contributed by atoms with Crippen molar-refractivity contribution >= 4 is 22.6 Å². The van der Waals surface area contributed by atoms with Crippen molar-refractivity contribution in [3.05, 3.63) is 82.3 Å². The maximum Gasteiger partial charge on any atom is 0.264 e. The Bertz CT molecular complexity index is 1270. The Morgan fingerprint density at radius 1 is 1.10 bits per heavy atom. The van der Waals surface area contributed by atoms with Gasteiger partial charge in [-0.3, -0.25) is 14.2 Å². The van der Waals surface area contributed by atoms with E-state index in [0.29, 0.717) is 16.7 Å². The first-order chi connectivity index (χ1) is 14.4. The topological polar surface area (TPSA) is 81.8 Å². The molecule has 2 aromatic heterocycles. The first-order valence-corrected chi connectivity index (χ1v) is 9.48. The summed E-state index contributed by atoms with van der Waals surface area (Å²) >= 11 is 0. The highest BCUT2D eigenvalue weighted by Gasteiger charge is 2.12. The van der Waals surface area contributed by atoms with Crippen LogP contribution >= 0.6 is 0 Å². The van der Waals surface area contributed by atoms with Crippen LogP contribution in [0.3, 0.4) is 0 Å². The maximum absolute atomic E-state index is 13.2. The van der Waals surface area contributed by atoms with E-state index in [-0.39, 0.29) is 30.2 Å². The molecule has 1 N–H and O–H groups in total. The van der Waals surface area contributed by atoms with Crippen LogP contribution in [-0.2, 0) is 11.3 Å². The zero-order chi connectivity index (χ0) is 21.3. The van der Waals surface area contributed by atoms with E-state index >= 15 is 0 Å². The average molecular weight is 405 g/mol. The molecule has 0 aliphatic heterocycles. The number of carbonyl (C=O) groups is 1. The van der Waals surface area contributed by atoms with Crippen molar-refractivity contribution < 1.29 is 9.18 Å². The summed E-state index contributed by atoms with van der Waals surface area (Å²) in [6.45, 7) is 4.13. The van der Waals surface area contributed by atoms with Crippen LogP contribution in [0.1, 0.15) is 17.5 Å². The fraction of sp³-hybridized carbons (Fsp3) is 0.182. The first-order valence-electron chi connectivity index (χ1n) is 9.48. The van der Waals surface area contributed by atoms with Crippen molar-refractivity contribution in [1.82, 2.24) is 19.3 Å². The lowest BCUT2D eigenvalue weighted by atomic mass is 10.1. The number of aryl methyl sites for hydroxylation is 3. The Morgan fingerprint density at radius 3 is 2.50 bits per heavy atom. The van der Waals surface area contributed by atoms with Gasteiger partial charge in [-0.2, -0.15) is 5.10 Å². The van der Waals surface area contributed by atoms with E-state index < -0.39 is 0 Å². The van der Waals surface area contributed by atoms with Gasteiger partial charge in [-0.15, -0.1) is 0 Å². The van der Waals surface area contributed by atoms with Gasteiger partial charge in [0, 0.05) is 18.7 Å². The molecule has 4 aromatic rings. The summed E-state index contributed by atoms with van der Waals surface area (Å²) in [5.41, 5.74) is 3.56. The minimum atomic E-state index is -0.357. The van der Waals surface area contributed by atoms with Gasteiger partial charge in [0.2, 0.25) is 5.91 Å². The van der Waals surface area contributed by atoms with Crippen molar-refractivity contribution in [1.29, 1.82) is 0 Å². The number of hydrogen-bond donors (Lipinski definition) is 1. The predicted molar refractivity (Wildman–Crippen MR) is 112 cm³/mol. The van der Waals surface area contributed by atoms with Gasteiger partial charge in [0.05, 0.1) is 18.2 Å². The van der Waals surface area contributed by atoms with Crippen LogP contribution in [0.15, 0.2) is 59.8 Å². The minimum absolute atomic E-state index is 0.131. The molecule has 1 amide bonds. The Kier molecular flexibility index (Phi) is 5.14. The van der Waals surface area contributed by atoms with Crippen LogP contribution < -0.4 is 10.9 Å². The number of rotatable bonds is 5. The number of fused-ring (bicyclic) bond motifs is 1. The molecular formula is C22H20FN5O2.